The van der Waals surface area contributed by atoms with Gasteiger partial charge in [0, 0.05) is 11.1 Å². The lowest BCUT2D eigenvalue weighted by Gasteiger charge is -2.00. The van der Waals surface area contributed by atoms with Gasteiger partial charge in [0.15, 0.2) is 5.69 Å². The third kappa shape index (κ3) is 3.22. The summed E-state index contributed by atoms with van der Waals surface area (Å²) in [5.74, 6) is -0.661. The van der Waals surface area contributed by atoms with Gasteiger partial charge < -0.3 is 4.52 Å². The Labute approximate surface area is 159 Å². The Morgan fingerprint density at radius 3 is 2.30 bits per heavy atom. The van der Waals surface area contributed by atoms with E-state index in [1.807, 2.05) is 36.4 Å². The van der Waals surface area contributed by atoms with E-state index < -0.39 is 0 Å². The van der Waals surface area contributed by atoms with E-state index in [4.69, 9.17) is 4.52 Å². The van der Waals surface area contributed by atoms with Crippen LogP contribution in [-0.2, 0) is 0 Å². The van der Waals surface area contributed by atoms with Crippen molar-refractivity contribution in [1.82, 2.24) is 10.1 Å². The predicted molar refractivity (Wildman–Crippen MR) is 102 cm³/mol. The quantitative estimate of drug-likeness (QED) is 0.479. The summed E-state index contributed by atoms with van der Waals surface area (Å²) in [5.41, 5.74) is 2.17. The molecule has 132 valence electrons. The predicted octanol–water partition coefficient (Wildman–Crippen LogP) is 4.57. The molecule has 0 spiro atoms. The Morgan fingerprint density at radius 2 is 1.59 bits per heavy atom. The fraction of sp³-hybridized carbons (Fsp3) is 0.0476. The van der Waals surface area contributed by atoms with Gasteiger partial charge >= 0.3 is 0 Å². The highest BCUT2D eigenvalue weighted by molar-refractivity contribution is 7.17. The van der Waals surface area contributed by atoms with Crippen LogP contribution in [0.5, 0.6) is 0 Å². The number of ketones is 2. The van der Waals surface area contributed by atoms with Gasteiger partial charge in [-0.15, -0.1) is 11.3 Å². The minimum Gasteiger partial charge on any atom is -0.363 e. The lowest BCUT2D eigenvalue weighted by molar-refractivity contribution is 0.100. The lowest BCUT2D eigenvalue weighted by Crippen LogP contribution is -2.09. The maximum Gasteiger partial charge on any atom is 0.215 e. The average molecular weight is 374 g/mol. The second kappa shape index (κ2) is 7.09. The number of hydrogen-bond donors (Lipinski definition) is 0. The molecule has 6 heteroatoms. The average Bonchev–Trinajstić information content (AvgIpc) is 3.35. The molecule has 27 heavy (non-hydrogen) atoms. The van der Waals surface area contributed by atoms with E-state index in [-0.39, 0.29) is 22.8 Å². The van der Waals surface area contributed by atoms with Crippen molar-refractivity contribution in [3.63, 3.8) is 0 Å². The second-order valence-electron chi connectivity index (χ2n) is 5.90. The SMILES string of the molecule is Cc1nc(-c2ccccc2)sc1C(=O)c1conc1C(=O)c1ccccc1. The summed E-state index contributed by atoms with van der Waals surface area (Å²) in [5, 5.41) is 4.53. The molecule has 4 aromatic rings. The van der Waals surface area contributed by atoms with Crippen LogP contribution in [0, 0.1) is 6.92 Å². The molecule has 2 heterocycles. The first-order valence-corrected chi connectivity index (χ1v) is 9.08. The van der Waals surface area contributed by atoms with Gasteiger partial charge in [-0.2, -0.15) is 0 Å². The van der Waals surface area contributed by atoms with Crippen LogP contribution in [0.3, 0.4) is 0 Å². The number of benzene rings is 2. The smallest absolute Gasteiger partial charge is 0.215 e. The van der Waals surface area contributed by atoms with Crippen molar-refractivity contribution in [3.8, 4) is 10.6 Å². The van der Waals surface area contributed by atoms with Crippen molar-refractivity contribution in [1.29, 1.82) is 0 Å². The maximum atomic E-state index is 13.0. The van der Waals surface area contributed by atoms with E-state index in [0.717, 1.165) is 10.6 Å². The first kappa shape index (κ1) is 17.1. The summed E-state index contributed by atoms with van der Waals surface area (Å²) in [4.78, 5) is 30.7. The third-order valence-electron chi connectivity index (χ3n) is 4.09. The monoisotopic (exact) mass is 374 g/mol. The molecule has 0 saturated heterocycles. The van der Waals surface area contributed by atoms with Crippen LogP contribution < -0.4 is 0 Å². The minimum absolute atomic E-state index is 0.0141. The van der Waals surface area contributed by atoms with Gasteiger partial charge in [-0.25, -0.2) is 4.98 Å². The van der Waals surface area contributed by atoms with Gasteiger partial charge in [0.1, 0.15) is 11.3 Å². The highest BCUT2D eigenvalue weighted by Gasteiger charge is 2.26. The normalized spacial score (nSPS) is 10.7. The van der Waals surface area contributed by atoms with E-state index in [1.54, 1.807) is 31.2 Å². The number of carbonyl (C=O) groups is 2. The van der Waals surface area contributed by atoms with Crippen LogP contribution in [0.2, 0.25) is 0 Å². The summed E-state index contributed by atoms with van der Waals surface area (Å²) in [6, 6.07) is 18.3. The van der Waals surface area contributed by atoms with Crippen LogP contribution >= 0.6 is 11.3 Å². The van der Waals surface area contributed by atoms with Crippen LogP contribution in [0.4, 0.5) is 0 Å². The second-order valence-corrected chi connectivity index (χ2v) is 6.90. The first-order valence-electron chi connectivity index (χ1n) is 8.27. The fourth-order valence-corrected chi connectivity index (χ4v) is 3.75. The van der Waals surface area contributed by atoms with Crippen molar-refractivity contribution in [2.24, 2.45) is 0 Å². The number of nitrogens with zero attached hydrogens (tertiary/aromatic N) is 2. The lowest BCUT2D eigenvalue weighted by atomic mass is 10.0. The zero-order chi connectivity index (χ0) is 18.8. The molecule has 0 aliphatic heterocycles. The Kier molecular flexibility index (Phi) is 4.48. The largest absolute Gasteiger partial charge is 0.363 e. The van der Waals surface area contributed by atoms with Crippen LogP contribution in [0.15, 0.2) is 71.4 Å². The molecule has 4 rings (SSSR count). The van der Waals surface area contributed by atoms with E-state index in [1.165, 1.54) is 17.6 Å². The summed E-state index contributed by atoms with van der Waals surface area (Å²) < 4.78 is 4.95. The van der Waals surface area contributed by atoms with Gasteiger partial charge in [-0.1, -0.05) is 65.8 Å². The Morgan fingerprint density at radius 1 is 0.926 bits per heavy atom. The molecule has 2 aromatic heterocycles. The molecule has 0 fully saturated rings. The zero-order valence-corrected chi connectivity index (χ0v) is 15.2. The number of thiazole rings is 1. The van der Waals surface area contributed by atoms with E-state index in [0.29, 0.717) is 16.1 Å². The molecule has 0 unspecified atom stereocenters. The molecule has 0 radical (unpaired) electrons. The van der Waals surface area contributed by atoms with Gasteiger partial charge in [0.05, 0.1) is 16.1 Å². The molecular formula is C21H14N2O3S. The maximum absolute atomic E-state index is 13.0. The Balaban J connectivity index is 1.70. The molecule has 0 bridgehead atoms. The molecule has 2 aromatic carbocycles. The molecule has 0 amide bonds. The van der Waals surface area contributed by atoms with Gasteiger partial charge in [-0.3, -0.25) is 9.59 Å². The standard InChI is InChI=1S/C21H14N2O3S/c1-13-20(27-21(22-13)15-10-6-3-7-11-15)19(25)16-12-26-23-17(16)18(24)14-8-4-2-5-9-14/h2-12H,1H3. The topological polar surface area (TPSA) is 73.1 Å². The number of aryl methyl sites for hydroxylation is 1. The van der Waals surface area contributed by atoms with Crippen molar-refractivity contribution in [2.75, 3.05) is 0 Å². The number of hydrogen-bond acceptors (Lipinski definition) is 6. The third-order valence-corrected chi connectivity index (χ3v) is 5.29. The highest BCUT2D eigenvalue weighted by atomic mass is 32.1. The fourth-order valence-electron chi connectivity index (χ4n) is 2.72. The Bertz CT molecular complexity index is 1110. The van der Waals surface area contributed by atoms with Gasteiger partial charge in [0.2, 0.25) is 11.6 Å². The van der Waals surface area contributed by atoms with Crippen molar-refractivity contribution in [3.05, 3.63) is 94.3 Å². The van der Waals surface area contributed by atoms with E-state index in [9.17, 15) is 9.59 Å². The molecule has 0 N–H and O–H groups in total. The highest BCUT2D eigenvalue weighted by Crippen LogP contribution is 2.30. The van der Waals surface area contributed by atoms with E-state index >= 15 is 0 Å². The van der Waals surface area contributed by atoms with Crippen LogP contribution in [0.1, 0.15) is 37.0 Å². The summed E-state index contributed by atoms with van der Waals surface area (Å²) >= 11 is 1.29. The van der Waals surface area contributed by atoms with Crippen molar-refractivity contribution in [2.45, 2.75) is 6.92 Å². The Hall–Kier alpha value is -3.38. The molecule has 0 saturated carbocycles. The van der Waals surface area contributed by atoms with Crippen LogP contribution in [-0.4, -0.2) is 21.7 Å². The molecule has 0 aliphatic rings. The number of carbonyl (C=O) groups excluding carboxylic acids is 2. The number of aromatic nitrogens is 2. The minimum atomic E-state index is -0.349. The zero-order valence-electron chi connectivity index (χ0n) is 14.4. The van der Waals surface area contributed by atoms with Gasteiger partial charge in [-0.05, 0) is 6.92 Å². The molecule has 0 atom stereocenters. The van der Waals surface area contributed by atoms with Crippen molar-refractivity contribution < 1.29 is 14.1 Å². The molecule has 5 nitrogen and oxygen atoms in total. The molecule has 0 aliphatic carbocycles. The van der Waals surface area contributed by atoms with Gasteiger partial charge in [0.25, 0.3) is 0 Å². The van der Waals surface area contributed by atoms with E-state index in [2.05, 4.69) is 10.1 Å². The first-order chi connectivity index (χ1) is 13.1. The van der Waals surface area contributed by atoms with Crippen molar-refractivity contribution >= 4 is 22.9 Å². The molecular weight excluding hydrogens is 360 g/mol. The summed E-state index contributed by atoms with van der Waals surface area (Å²) in [7, 11) is 0. The van der Waals surface area contributed by atoms with Crippen LogP contribution in [0.25, 0.3) is 10.6 Å². The summed E-state index contributed by atoms with van der Waals surface area (Å²) in [6.07, 6.45) is 1.22. The number of rotatable bonds is 5. The summed E-state index contributed by atoms with van der Waals surface area (Å²) in [6.45, 7) is 1.78.